The molecule has 6 nitrogen and oxygen atoms in total. The van der Waals surface area contributed by atoms with Crippen LogP contribution in [0.1, 0.15) is 34.6 Å². The first-order valence-electron chi connectivity index (χ1n) is 8.47. The van der Waals surface area contributed by atoms with Gasteiger partial charge >= 0.3 is 17.9 Å². The summed E-state index contributed by atoms with van der Waals surface area (Å²) < 4.78 is 15.7. The van der Waals surface area contributed by atoms with Gasteiger partial charge in [0.1, 0.15) is 19.8 Å². The summed E-state index contributed by atoms with van der Waals surface area (Å²) in [4.78, 5) is 35.5. The largest absolute Gasteiger partial charge is 0.465 e. The summed E-state index contributed by atoms with van der Waals surface area (Å²) in [5.74, 6) is -1.47. The number of carbonyl (C=O) groups excluding carboxylic acids is 3. The predicted molar refractivity (Wildman–Crippen MR) is 98.2 cm³/mol. The van der Waals surface area contributed by atoms with Gasteiger partial charge in [0.05, 0.1) is 16.5 Å². The van der Waals surface area contributed by atoms with Crippen LogP contribution in [0, 0.1) is 5.41 Å². The molecule has 142 valence electrons. The molecule has 0 amide bonds. The van der Waals surface area contributed by atoms with Crippen molar-refractivity contribution in [3.05, 3.63) is 71.8 Å². The lowest BCUT2D eigenvalue weighted by atomic mass is 9.94. The number of rotatable bonds is 8. The first-order valence-corrected chi connectivity index (χ1v) is 8.47. The molecule has 2 rings (SSSR count). The summed E-state index contributed by atoms with van der Waals surface area (Å²) in [6, 6.07) is 17.1. The van der Waals surface area contributed by atoms with Crippen molar-refractivity contribution in [3.8, 4) is 0 Å². The van der Waals surface area contributed by atoms with E-state index in [0.29, 0.717) is 11.1 Å². The highest BCUT2D eigenvalue weighted by Crippen LogP contribution is 2.20. The molecule has 0 aliphatic carbocycles. The van der Waals surface area contributed by atoms with Gasteiger partial charge in [0.2, 0.25) is 0 Å². The Morgan fingerprint density at radius 1 is 0.704 bits per heavy atom. The van der Waals surface area contributed by atoms with Gasteiger partial charge in [-0.05, 0) is 31.2 Å². The molecular weight excluding hydrogens is 348 g/mol. The number of hydrogen-bond acceptors (Lipinski definition) is 6. The van der Waals surface area contributed by atoms with Crippen molar-refractivity contribution in [2.24, 2.45) is 5.41 Å². The van der Waals surface area contributed by atoms with Crippen LogP contribution in [0.15, 0.2) is 60.7 Å². The van der Waals surface area contributed by atoms with Crippen LogP contribution in [0.5, 0.6) is 0 Å². The number of esters is 3. The van der Waals surface area contributed by atoms with Gasteiger partial charge in [0.15, 0.2) is 0 Å². The van der Waals surface area contributed by atoms with Crippen LogP contribution >= 0.6 is 0 Å². The van der Waals surface area contributed by atoms with Crippen LogP contribution < -0.4 is 0 Å². The molecule has 0 aromatic heterocycles. The van der Waals surface area contributed by atoms with Crippen molar-refractivity contribution in [1.82, 2.24) is 0 Å². The predicted octanol–water partition coefficient (Wildman–Crippen LogP) is 3.27. The lowest BCUT2D eigenvalue weighted by molar-refractivity contribution is -0.146. The van der Waals surface area contributed by atoms with E-state index in [1.807, 2.05) is 0 Å². The number of carbonyl (C=O) groups is 3. The second-order valence-corrected chi connectivity index (χ2v) is 6.48. The molecule has 0 heterocycles. The van der Waals surface area contributed by atoms with Gasteiger partial charge in [0.25, 0.3) is 0 Å². The van der Waals surface area contributed by atoms with E-state index in [-0.39, 0.29) is 19.8 Å². The second-order valence-electron chi connectivity index (χ2n) is 6.48. The van der Waals surface area contributed by atoms with Crippen molar-refractivity contribution in [2.75, 3.05) is 19.8 Å². The fourth-order valence-electron chi connectivity index (χ4n) is 2.20. The van der Waals surface area contributed by atoms with Crippen molar-refractivity contribution < 1.29 is 28.6 Å². The monoisotopic (exact) mass is 370 g/mol. The Morgan fingerprint density at radius 3 is 1.44 bits per heavy atom. The third-order valence-corrected chi connectivity index (χ3v) is 3.75. The maximum absolute atomic E-state index is 12.2. The molecule has 6 heteroatoms. The summed E-state index contributed by atoms with van der Waals surface area (Å²) in [7, 11) is 0. The molecule has 0 bridgehead atoms. The molecule has 0 saturated carbocycles. The standard InChI is InChI=1S/C21H22O6/c1-16(22)25-13-21(2,14-26-19(23)17-9-5-3-6-10-17)15-27-20(24)18-11-7-4-8-12-18/h3-12H,13-15H2,1-2H3. The average Bonchev–Trinajstić information content (AvgIpc) is 2.70. The Bertz CT molecular complexity index is 714. The van der Waals surface area contributed by atoms with Gasteiger partial charge in [0, 0.05) is 6.92 Å². The molecule has 27 heavy (non-hydrogen) atoms. The summed E-state index contributed by atoms with van der Waals surface area (Å²) in [5, 5.41) is 0. The van der Waals surface area contributed by atoms with Gasteiger partial charge < -0.3 is 14.2 Å². The maximum atomic E-state index is 12.2. The lowest BCUT2D eigenvalue weighted by Gasteiger charge is -2.27. The third-order valence-electron chi connectivity index (χ3n) is 3.75. The quantitative estimate of drug-likeness (QED) is 0.524. The molecule has 0 unspecified atom stereocenters. The zero-order valence-electron chi connectivity index (χ0n) is 15.3. The lowest BCUT2D eigenvalue weighted by Crippen LogP contribution is -2.36. The fourth-order valence-corrected chi connectivity index (χ4v) is 2.20. The minimum Gasteiger partial charge on any atom is -0.465 e. The number of hydrogen-bond donors (Lipinski definition) is 0. The Labute approximate surface area is 158 Å². The molecule has 0 spiro atoms. The van der Waals surface area contributed by atoms with Crippen molar-refractivity contribution in [2.45, 2.75) is 13.8 Å². The molecular formula is C21H22O6. The molecule has 0 N–H and O–H groups in total. The highest BCUT2D eigenvalue weighted by molar-refractivity contribution is 5.89. The smallest absolute Gasteiger partial charge is 0.338 e. The Kier molecular flexibility index (Phi) is 7.11. The zero-order chi connectivity index (χ0) is 19.7. The minimum atomic E-state index is -0.874. The second kappa shape index (κ2) is 9.52. The maximum Gasteiger partial charge on any atom is 0.338 e. The SMILES string of the molecule is CC(=O)OCC(C)(COC(=O)c1ccccc1)COC(=O)c1ccccc1. The zero-order valence-corrected chi connectivity index (χ0v) is 15.3. The summed E-state index contributed by atoms with van der Waals surface area (Å²) in [6.07, 6.45) is 0. The van der Waals surface area contributed by atoms with E-state index >= 15 is 0 Å². The van der Waals surface area contributed by atoms with Crippen LogP contribution in [0.4, 0.5) is 0 Å². The molecule has 0 fully saturated rings. The molecule has 2 aromatic carbocycles. The van der Waals surface area contributed by atoms with E-state index < -0.39 is 23.3 Å². The van der Waals surface area contributed by atoms with E-state index in [9.17, 15) is 14.4 Å². The van der Waals surface area contributed by atoms with Crippen molar-refractivity contribution in [3.63, 3.8) is 0 Å². The Balaban J connectivity index is 1.99. The highest BCUT2D eigenvalue weighted by atomic mass is 16.6. The van der Waals surface area contributed by atoms with E-state index in [1.165, 1.54) is 6.92 Å². The van der Waals surface area contributed by atoms with Crippen molar-refractivity contribution in [1.29, 1.82) is 0 Å². The molecule has 0 atom stereocenters. The minimum absolute atomic E-state index is 0.0491. The third kappa shape index (κ3) is 6.58. The fraction of sp³-hybridized carbons (Fsp3) is 0.286. The normalized spacial score (nSPS) is 10.7. The molecule has 2 aromatic rings. The topological polar surface area (TPSA) is 78.9 Å². The van der Waals surface area contributed by atoms with E-state index in [4.69, 9.17) is 14.2 Å². The average molecular weight is 370 g/mol. The Morgan fingerprint density at radius 2 is 1.07 bits per heavy atom. The number of benzene rings is 2. The first-order chi connectivity index (χ1) is 12.9. The van der Waals surface area contributed by atoms with Gasteiger partial charge in [-0.25, -0.2) is 9.59 Å². The van der Waals surface area contributed by atoms with Gasteiger partial charge in [-0.2, -0.15) is 0 Å². The van der Waals surface area contributed by atoms with Gasteiger partial charge in [-0.3, -0.25) is 4.79 Å². The van der Waals surface area contributed by atoms with Gasteiger partial charge in [-0.15, -0.1) is 0 Å². The van der Waals surface area contributed by atoms with Crippen LogP contribution in [0.25, 0.3) is 0 Å². The van der Waals surface area contributed by atoms with Crippen LogP contribution in [0.2, 0.25) is 0 Å². The van der Waals surface area contributed by atoms with Crippen LogP contribution in [0.3, 0.4) is 0 Å². The van der Waals surface area contributed by atoms with Crippen LogP contribution in [-0.2, 0) is 19.0 Å². The molecule has 0 saturated heterocycles. The molecule has 0 radical (unpaired) electrons. The van der Waals surface area contributed by atoms with Crippen molar-refractivity contribution >= 4 is 17.9 Å². The molecule has 0 aliphatic heterocycles. The van der Waals surface area contributed by atoms with Crippen LogP contribution in [-0.4, -0.2) is 37.7 Å². The Hall–Kier alpha value is -3.15. The number of ether oxygens (including phenoxy) is 3. The summed E-state index contributed by atoms with van der Waals surface area (Å²) in [5.41, 5.74) is -0.0529. The van der Waals surface area contributed by atoms with Gasteiger partial charge in [-0.1, -0.05) is 36.4 Å². The van der Waals surface area contributed by atoms with E-state index in [2.05, 4.69) is 0 Å². The first kappa shape index (κ1) is 20.2. The molecule has 0 aliphatic rings. The van der Waals surface area contributed by atoms with E-state index in [1.54, 1.807) is 67.6 Å². The van der Waals surface area contributed by atoms with E-state index in [0.717, 1.165) is 0 Å². The summed E-state index contributed by atoms with van der Waals surface area (Å²) in [6.45, 7) is 2.80. The summed E-state index contributed by atoms with van der Waals surface area (Å²) >= 11 is 0. The highest BCUT2D eigenvalue weighted by Gasteiger charge is 2.30.